The number of piperidine rings is 1. The van der Waals surface area contributed by atoms with Gasteiger partial charge in [-0.1, -0.05) is 22.9 Å². The molecular weight excluding hydrogens is 304 g/mol. The molecule has 3 nitrogen and oxygen atoms in total. The van der Waals surface area contributed by atoms with Crippen molar-refractivity contribution in [3.63, 3.8) is 0 Å². The first kappa shape index (κ1) is 14.5. The number of halogens is 1. The third kappa shape index (κ3) is 4.32. The lowest BCUT2D eigenvalue weighted by molar-refractivity contribution is -0.900. The van der Waals surface area contributed by atoms with Gasteiger partial charge in [0, 0.05) is 16.1 Å². The van der Waals surface area contributed by atoms with Gasteiger partial charge in [0.05, 0.1) is 13.1 Å². The number of likely N-dealkylation sites (tertiary alicyclic amines) is 1. The standard InChI is InChI=1S/C15H21BrN2O/c1-11-4-3-7-18(9-11)10-15(19)17-14-6-5-13(16)8-12(14)2/h5-6,8,11H,3-4,7,9-10H2,1-2H3,(H,17,19)/p+1/t11-/m0/s1. The first-order valence-electron chi connectivity index (χ1n) is 6.94. The summed E-state index contributed by atoms with van der Waals surface area (Å²) in [5.74, 6) is 0.862. The zero-order valence-corrected chi connectivity index (χ0v) is 13.2. The van der Waals surface area contributed by atoms with Gasteiger partial charge in [0.25, 0.3) is 5.91 Å². The molecule has 0 aliphatic carbocycles. The highest BCUT2D eigenvalue weighted by atomic mass is 79.9. The molecule has 1 aliphatic heterocycles. The maximum absolute atomic E-state index is 12.1. The molecule has 1 aliphatic rings. The Bertz CT molecular complexity index is 461. The summed E-state index contributed by atoms with van der Waals surface area (Å²) in [4.78, 5) is 13.5. The minimum Gasteiger partial charge on any atom is -0.327 e. The average Bonchev–Trinajstić information content (AvgIpc) is 2.33. The summed E-state index contributed by atoms with van der Waals surface area (Å²) in [7, 11) is 0. The number of nitrogens with one attached hydrogen (secondary N) is 2. The summed E-state index contributed by atoms with van der Waals surface area (Å²) < 4.78 is 1.04. The van der Waals surface area contributed by atoms with E-state index in [1.54, 1.807) is 0 Å². The molecule has 2 N–H and O–H groups in total. The van der Waals surface area contributed by atoms with Crippen LogP contribution in [0.2, 0.25) is 0 Å². The Hall–Kier alpha value is -0.870. The molecule has 104 valence electrons. The molecule has 0 spiro atoms. The number of quaternary nitrogens is 1. The van der Waals surface area contributed by atoms with E-state index in [1.807, 2.05) is 25.1 Å². The van der Waals surface area contributed by atoms with Crippen LogP contribution in [0.15, 0.2) is 22.7 Å². The third-order valence-electron chi connectivity index (χ3n) is 3.74. The molecule has 19 heavy (non-hydrogen) atoms. The Kier molecular flexibility index (Phi) is 4.99. The van der Waals surface area contributed by atoms with Crippen LogP contribution in [0.1, 0.15) is 25.3 Å². The Morgan fingerprint density at radius 1 is 1.53 bits per heavy atom. The summed E-state index contributed by atoms with van der Waals surface area (Å²) in [5.41, 5.74) is 2.00. The molecule has 1 heterocycles. The molecule has 0 bridgehead atoms. The average molecular weight is 326 g/mol. The van der Waals surface area contributed by atoms with Gasteiger partial charge in [-0.05, 0) is 43.5 Å². The predicted octanol–water partition coefficient (Wildman–Crippen LogP) is 2.01. The van der Waals surface area contributed by atoms with E-state index in [9.17, 15) is 4.79 Å². The summed E-state index contributed by atoms with van der Waals surface area (Å²) in [6.45, 7) is 7.11. The zero-order chi connectivity index (χ0) is 13.8. The molecule has 1 unspecified atom stereocenters. The molecule has 1 saturated heterocycles. The first-order chi connectivity index (χ1) is 9.04. The van der Waals surface area contributed by atoms with Crippen molar-refractivity contribution in [3.8, 4) is 0 Å². The van der Waals surface area contributed by atoms with Crippen LogP contribution in [0.5, 0.6) is 0 Å². The smallest absolute Gasteiger partial charge is 0.279 e. The van der Waals surface area contributed by atoms with Gasteiger partial charge >= 0.3 is 0 Å². The van der Waals surface area contributed by atoms with Crippen molar-refractivity contribution in [3.05, 3.63) is 28.2 Å². The van der Waals surface area contributed by atoms with E-state index in [0.29, 0.717) is 6.54 Å². The number of hydrogen-bond donors (Lipinski definition) is 2. The molecular formula is C15H22BrN2O+. The highest BCUT2D eigenvalue weighted by Gasteiger charge is 2.22. The van der Waals surface area contributed by atoms with Gasteiger partial charge in [-0.3, -0.25) is 4.79 Å². The zero-order valence-electron chi connectivity index (χ0n) is 11.6. The van der Waals surface area contributed by atoms with Gasteiger partial charge in [0.1, 0.15) is 0 Å². The van der Waals surface area contributed by atoms with Gasteiger partial charge in [-0.15, -0.1) is 0 Å². The molecule has 2 rings (SSSR count). The van der Waals surface area contributed by atoms with Gasteiger partial charge in [-0.2, -0.15) is 0 Å². The number of hydrogen-bond acceptors (Lipinski definition) is 1. The number of carbonyl (C=O) groups is 1. The minimum atomic E-state index is 0.120. The number of benzene rings is 1. The lowest BCUT2D eigenvalue weighted by atomic mass is 10.0. The van der Waals surface area contributed by atoms with Crippen molar-refractivity contribution in [2.75, 3.05) is 25.0 Å². The van der Waals surface area contributed by atoms with Crippen molar-refractivity contribution in [2.45, 2.75) is 26.7 Å². The largest absolute Gasteiger partial charge is 0.327 e. The quantitative estimate of drug-likeness (QED) is 0.875. The van der Waals surface area contributed by atoms with E-state index in [4.69, 9.17) is 0 Å². The number of amides is 1. The molecule has 2 atom stereocenters. The number of rotatable bonds is 3. The number of carbonyl (C=O) groups excluding carboxylic acids is 1. The molecule has 0 aromatic heterocycles. The Balaban J connectivity index is 1.90. The fourth-order valence-corrected chi connectivity index (χ4v) is 3.22. The maximum Gasteiger partial charge on any atom is 0.279 e. The van der Waals surface area contributed by atoms with Crippen LogP contribution in [0, 0.1) is 12.8 Å². The van der Waals surface area contributed by atoms with Gasteiger partial charge in [0.15, 0.2) is 6.54 Å². The van der Waals surface area contributed by atoms with Crippen LogP contribution >= 0.6 is 15.9 Å². The molecule has 1 aromatic carbocycles. The van der Waals surface area contributed by atoms with E-state index in [0.717, 1.165) is 34.7 Å². The van der Waals surface area contributed by atoms with Gasteiger partial charge in [0.2, 0.25) is 0 Å². The first-order valence-corrected chi connectivity index (χ1v) is 7.73. The van der Waals surface area contributed by atoms with E-state index in [1.165, 1.54) is 17.7 Å². The lowest BCUT2D eigenvalue weighted by Crippen LogP contribution is -3.14. The molecule has 0 radical (unpaired) electrons. The van der Waals surface area contributed by atoms with Crippen molar-refractivity contribution in [2.24, 2.45) is 5.92 Å². The van der Waals surface area contributed by atoms with Crippen LogP contribution in [-0.2, 0) is 4.79 Å². The van der Waals surface area contributed by atoms with E-state index < -0.39 is 0 Å². The molecule has 1 amide bonds. The van der Waals surface area contributed by atoms with Crippen LogP contribution in [-0.4, -0.2) is 25.5 Å². The van der Waals surface area contributed by atoms with Crippen molar-refractivity contribution in [1.82, 2.24) is 0 Å². The second-order valence-electron chi connectivity index (χ2n) is 5.64. The van der Waals surface area contributed by atoms with Crippen molar-refractivity contribution < 1.29 is 9.69 Å². The maximum atomic E-state index is 12.1. The van der Waals surface area contributed by atoms with E-state index in [-0.39, 0.29) is 5.91 Å². The molecule has 4 heteroatoms. The third-order valence-corrected chi connectivity index (χ3v) is 4.23. The molecule has 1 fully saturated rings. The molecule has 1 aromatic rings. The van der Waals surface area contributed by atoms with Crippen molar-refractivity contribution in [1.29, 1.82) is 0 Å². The normalized spacial score (nSPS) is 23.1. The number of aryl methyl sites for hydroxylation is 1. The second kappa shape index (κ2) is 6.53. The fraction of sp³-hybridized carbons (Fsp3) is 0.533. The van der Waals surface area contributed by atoms with Crippen LogP contribution in [0.3, 0.4) is 0 Å². The predicted molar refractivity (Wildman–Crippen MR) is 81.5 cm³/mol. The fourth-order valence-electron chi connectivity index (χ4n) is 2.75. The SMILES string of the molecule is Cc1cc(Br)ccc1NC(=O)C[NH+]1CCC[C@H](C)C1. The van der Waals surface area contributed by atoms with Crippen LogP contribution < -0.4 is 10.2 Å². The second-order valence-corrected chi connectivity index (χ2v) is 6.55. The van der Waals surface area contributed by atoms with Crippen LogP contribution in [0.25, 0.3) is 0 Å². The summed E-state index contributed by atoms with van der Waals surface area (Å²) in [6.07, 6.45) is 2.54. The van der Waals surface area contributed by atoms with E-state index >= 15 is 0 Å². The Morgan fingerprint density at radius 3 is 3.00 bits per heavy atom. The summed E-state index contributed by atoms with van der Waals surface area (Å²) in [6, 6.07) is 5.93. The van der Waals surface area contributed by atoms with Crippen LogP contribution in [0.4, 0.5) is 5.69 Å². The summed E-state index contributed by atoms with van der Waals surface area (Å²) in [5, 5.41) is 3.02. The van der Waals surface area contributed by atoms with E-state index in [2.05, 4.69) is 28.2 Å². The highest BCUT2D eigenvalue weighted by Crippen LogP contribution is 2.19. The molecule has 0 saturated carbocycles. The topological polar surface area (TPSA) is 33.5 Å². The minimum absolute atomic E-state index is 0.120. The van der Waals surface area contributed by atoms with Gasteiger partial charge in [-0.25, -0.2) is 0 Å². The Labute approximate surface area is 123 Å². The van der Waals surface area contributed by atoms with Gasteiger partial charge < -0.3 is 10.2 Å². The van der Waals surface area contributed by atoms with Crippen molar-refractivity contribution >= 4 is 27.5 Å². The number of anilines is 1. The Morgan fingerprint density at radius 2 is 2.32 bits per heavy atom. The monoisotopic (exact) mass is 325 g/mol. The lowest BCUT2D eigenvalue weighted by Gasteiger charge is -2.27. The highest BCUT2D eigenvalue weighted by molar-refractivity contribution is 9.10. The summed E-state index contributed by atoms with van der Waals surface area (Å²) >= 11 is 3.43.